The smallest absolute Gasteiger partial charge is 0.123 e. The normalized spacial score (nSPS) is 22.2. The molecule has 2 aliphatic rings. The number of halogens is 1. The number of aromatic amines is 1. The van der Waals surface area contributed by atoms with Gasteiger partial charge in [-0.25, -0.2) is 4.39 Å². The molecule has 2 N–H and O–H groups in total. The first-order chi connectivity index (χ1) is 13.3. The quantitative estimate of drug-likeness (QED) is 0.777. The molecule has 2 aromatic rings. The van der Waals surface area contributed by atoms with Gasteiger partial charge in [0.15, 0.2) is 0 Å². The molecule has 2 aliphatic heterocycles. The summed E-state index contributed by atoms with van der Waals surface area (Å²) in [6.45, 7) is 6.91. The first-order valence-electron chi connectivity index (χ1n) is 9.69. The summed E-state index contributed by atoms with van der Waals surface area (Å²) >= 11 is 0. The molecule has 27 heavy (non-hydrogen) atoms. The van der Waals surface area contributed by atoms with Gasteiger partial charge in [0.05, 0.1) is 31.7 Å². The van der Waals surface area contributed by atoms with Crippen LogP contribution in [0.4, 0.5) is 4.39 Å². The molecule has 0 radical (unpaired) electrons. The third-order valence-electron chi connectivity index (χ3n) is 5.54. The molecule has 2 saturated heterocycles. The molecule has 0 bridgehead atoms. The number of hydrogen-bond acceptors (Lipinski definition) is 5. The predicted molar refractivity (Wildman–Crippen MR) is 101 cm³/mol. The maximum Gasteiger partial charge on any atom is 0.123 e. The van der Waals surface area contributed by atoms with Crippen LogP contribution in [0.1, 0.15) is 12.0 Å². The molecule has 3 heterocycles. The number of hydrogen-bond donors (Lipinski definition) is 2. The molecule has 2 atom stereocenters. The lowest BCUT2D eigenvalue weighted by atomic mass is 9.96. The fourth-order valence-electron chi connectivity index (χ4n) is 4.03. The number of ether oxygens (including phenoxy) is 2. The maximum absolute atomic E-state index is 13.2. The average molecular weight is 374 g/mol. The van der Waals surface area contributed by atoms with Gasteiger partial charge in [-0.2, -0.15) is 5.10 Å². The summed E-state index contributed by atoms with van der Waals surface area (Å²) in [5, 5.41) is 10.8. The van der Waals surface area contributed by atoms with Crippen LogP contribution in [0.25, 0.3) is 11.3 Å². The van der Waals surface area contributed by atoms with Crippen molar-refractivity contribution in [2.75, 3.05) is 46.1 Å². The summed E-state index contributed by atoms with van der Waals surface area (Å²) in [7, 11) is 0. The molecule has 0 saturated carbocycles. The molecular formula is C20H27FN4O2. The summed E-state index contributed by atoms with van der Waals surface area (Å²) in [4.78, 5) is 2.53. The van der Waals surface area contributed by atoms with Crippen molar-refractivity contribution in [2.45, 2.75) is 19.0 Å². The van der Waals surface area contributed by atoms with Crippen LogP contribution in [0.3, 0.4) is 0 Å². The standard InChI is InChI=1S/C20H27FN4O2/c21-18-3-1-15(2-4-18)20-17(12-23-24-20)11-22-13-19(16-5-8-27-14-16)25-6-9-26-10-7-25/h1-4,12,16,19,22H,5-11,13-14H2,(H,23,24)/t16-,19+/m0/s1. The molecule has 0 spiro atoms. The van der Waals surface area contributed by atoms with Crippen LogP contribution < -0.4 is 5.32 Å². The lowest BCUT2D eigenvalue weighted by Gasteiger charge is -2.37. The molecule has 4 rings (SSSR count). The lowest BCUT2D eigenvalue weighted by molar-refractivity contribution is 0.00137. The molecule has 6 nitrogen and oxygen atoms in total. The van der Waals surface area contributed by atoms with Gasteiger partial charge in [0.2, 0.25) is 0 Å². The monoisotopic (exact) mass is 374 g/mol. The second-order valence-corrected chi connectivity index (χ2v) is 7.25. The van der Waals surface area contributed by atoms with Crippen LogP contribution in [0, 0.1) is 11.7 Å². The molecule has 7 heteroatoms. The number of nitrogens with zero attached hydrogens (tertiary/aromatic N) is 2. The summed E-state index contributed by atoms with van der Waals surface area (Å²) in [5.74, 6) is 0.335. The number of nitrogens with one attached hydrogen (secondary N) is 2. The van der Waals surface area contributed by atoms with Crippen LogP contribution in [0.2, 0.25) is 0 Å². The number of rotatable bonds is 7. The summed E-state index contributed by atoms with van der Waals surface area (Å²) < 4.78 is 24.3. The van der Waals surface area contributed by atoms with E-state index in [0.29, 0.717) is 12.0 Å². The predicted octanol–water partition coefficient (Wildman–Crippen LogP) is 2.04. The minimum Gasteiger partial charge on any atom is -0.381 e. The fraction of sp³-hybridized carbons (Fsp3) is 0.550. The molecular weight excluding hydrogens is 347 g/mol. The van der Waals surface area contributed by atoms with E-state index in [1.807, 2.05) is 6.20 Å². The Kier molecular flexibility index (Phi) is 6.14. The van der Waals surface area contributed by atoms with Crippen molar-refractivity contribution in [1.29, 1.82) is 0 Å². The van der Waals surface area contributed by atoms with E-state index in [2.05, 4.69) is 20.4 Å². The summed E-state index contributed by atoms with van der Waals surface area (Å²) in [5.41, 5.74) is 2.97. The zero-order chi connectivity index (χ0) is 18.5. The Hall–Kier alpha value is -1.80. The first kappa shape index (κ1) is 18.6. The zero-order valence-corrected chi connectivity index (χ0v) is 15.5. The van der Waals surface area contributed by atoms with Crippen LogP contribution in [0.5, 0.6) is 0 Å². The Balaban J connectivity index is 1.39. The van der Waals surface area contributed by atoms with Gasteiger partial charge in [-0.3, -0.25) is 10.00 Å². The fourth-order valence-corrected chi connectivity index (χ4v) is 4.03. The Bertz CT molecular complexity index is 709. The van der Waals surface area contributed by atoms with Crippen LogP contribution in [-0.2, 0) is 16.0 Å². The number of H-pyrrole nitrogens is 1. The van der Waals surface area contributed by atoms with E-state index in [1.54, 1.807) is 12.1 Å². The Labute approximate surface area is 159 Å². The van der Waals surface area contributed by atoms with Gasteiger partial charge >= 0.3 is 0 Å². The SMILES string of the molecule is Fc1ccc(-c2[nH]ncc2CNC[C@H]([C@H]2CCOC2)N2CCOCC2)cc1. The average Bonchev–Trinajstić information content (AvgIpc) is 3.39. The van der Waals surface area contributed by atoms with Crippen molar-refractivity contribution in [3.8, 4) is 11.3 Å². The van der Waals surface area contributed by atoms with Gasteiger partial charge in [-0.05, 0) is 30.7 Å². The summed E-state index contributed by atoms with van der Waals surface area (Å²) in [6, 6.07) is 6.96. The molecule has 0 amide bonds. The number of benzene rings is 1. The van der Waals surface area contributed by atoms with Crippen LogP contribution in [0.15, 0.2) is 30.5 Å². The van der Waals surface area contributed by atoms with Crippen LogP contribution in [-0.4, -0.2) is 67.2 Å². The highest BCUT2D eigenvalue weighted by molar-refractivity contribution is 5.62. The molecule has 1 aromatic heterocycles. The third-order valence-corrected chi connectivity index (χ3v) is 5.54. The first-order valence-corrected chi connectivity index (χ1v) is 9.69. The minimum atomic E-state index is -0.231. The van der Waals surface area contributed by atoms with Gasteiger partial charge in [-0.15, -0.1) is 0 Å². The van der Waals surface area contributed by atoms with Gasteiger partial charge in [0, 0.05) is 55.9 Å². The number of morpholine rings is 1. The molecule has 2 fully saturated rings. The number of aromatic nitrogens is 2. The zero-order valence-electron chi connectivity index (χ0n) is 15.5. The van der Waals surface area contributed by atoms with Gasteiger partial charge < -0.3 is 14.8 Å². The largest absolute Gasteiger partial charge is 0.381 e. The van der Waals surface area contributed by atoms with Crippen molar-refractivity contribution in [2.24, 2.45) is 5.92 Å². The second kappa shape index (κ2) is 8.93. The van der Waals surface area contributed by atoms with Crippen molar-refractivity contribution in [1.82, 2.24) is 20.4 Å². The highest BCUT2D eigenvalue weighted by atomic mass is 19.1. The topological polar surface area (TPSA) is 62.4 Å². The van der Waals surface area contributed by atoms with E-state index in [1.165, 1.54) is 12.1 Å². The van der Waals surface area contributed by atoms with Crippen molar-refractivity contribution in [3.05, 3.63) is 41.8 Å². The molecule has 0 unspecified atom stereocenters. The summed E-state index contributed by atoms with van der Waals surface area (Å²) in [6.07, 6.45) is 2.96. The highest BCUT2D eigenvalue weighted by Crippen LogP contribution is 2.23. The Morgan fingerprint density at radius 2 is 2.00 bits per heavy atom. The Morgan fingerprint density at radius 1 is 1.19 bits per heavy atom. The van der Waals surface area contributed by atoms with E-state index >= 15 is 0 Å². The van der Waals surface area contributed by atoms with Gasteiger partial charge in [0.1, 0.15) is 5.82 Å². The van der Waals surface area contributed by atoms with E-state index in [0.717, 1.165) is 75.8 Å². The Morgan fingerprint density at radius 3 is 2.74 bits per heavy atom. The van der Waals surface area contributed by atoms with Crippen LogP contribution >= 0.6 is 0 Å². The molecule has 1 aromatic carbocycles. The van der Waals surface area contributed by atoms with E-state index in [4.69, 9.17) is 9.47 Å². The molecule has 146 valence electrons. The van der Waals surface area contributed by atoms with Crippen molar-refractivity contribution in [3.63, 3.8) is 0 Å². The van der Waals surface area contributed by atoms with E-state index < -0.39 is 0 Å². The van der Waals surface area contributed by atoms with Gasteiger partial charge in [-0.1, -0.05) is 0 Å². The van der Waals surface area contributed by atoms with E-state index in [9.17, 15) is 4.39 Å². The van der Waals surface area contributed by atoms with E-state index in [-0.39, 0.29) is 5.82 Å². The highest BCUT2D eigenvalue weighted by Gasteiger charge is 2.31. The lowest BCUT2D eigenvalue weighted by Crippen LogP contribution is -2.51. The molecule has 0 aliphatic carbocycles. The third kappa shape index (κ3) is 4.55. The maximum atomic E-state index is 13.2. The minimum absolute atomic E-state index is 0.231. The van der Waals surface area contributed by atoms with Gasteiger partial charge in [0.25, 0.3) is 0 Å². The second-order valence-electron chi connectivity index (χ2n) is 7.25. The van der Waals surface area contributed by atoms with Crippen molar-refractivity contribution < 1.29 is 13.9 Å². The van der Waals surface area contributed by atoms with Crippen molar-refractivity contribution >= 4 is 0 Å².